The third-order valence-corrected chi connectivity index (χ3v) is 6.95. The van der Waals surface area contributed by atoms with Gasteiger partial charge in [0.2, 0.25) is 0 Å². The van der Waals surface area contributed by atoms with Crippen LogP contribution in [0.2, 0.25) is 5.02 Å². The zero-order valence-corrected chi connectivity index (χ0v) is 20.9. The summed E-state index contributed by atoms with van der Waals surface area (Å²) in [7, 11) is 1.81. The van der Waals surface area contributed by atoms with Gasteiger partial charge >= 0.3 is 0 Å². The van der Waals surface area contributed by atoms with Gasteiger partial charge in [-0.1, -0.05) is 49.1 Å². The summed E-state index contributed by atoms with van der Waals surface area (Å²) < 4.78 is 25.6. The van der Waals surface area contributed by atoms with E-state index in [1.807, 2.05) is 14.0 Å². The lowest BCUT2D eigenvalue weighted by atomic mass is 9.94. The van der Waals surface area contributed by atoms with Gasteiger partial charge in [-0.3, -0.25) is 9.69 Å². The molecule has 1 aliphatic carbocycles. The maximum Gasteiger partial charge on any atom is 0.277 e. The van der Waals surface area contributed by atoms with Crippen molar-refractivity contribution in [1.29, 1.82) is 0 Å². The average molecular weight is 503 g/mol. The third-order valence-electron chi connectivity index (χ3n) is 6.20. The van der Waals surface area contributed by atoms with E-state index in [2.05, 4.69) is 0 Å². The Morgan fingerprint density at radius 3 is 2.62 bits per heavy atom. The topological polar surface area (TPSA) is 42.0 Å². The summed E-state index contributed by atoms with van der Waals surface area (Å²) in [5.74, 6) is 0.324. The van der Waals surface area contributed by atoms with Crippen molar-refractivity contribution in [2.45, 2.75) is 51.7 Å². The molecule has 34 heavy (non-hydrogen) atoms. The maximum atomic E-state index is 14.0. The molecule has 0 aromatic heterocycles. The lowest BCUT2D eigenvalue weighted by molar-refractivity contribution is -0.124. The molecule has 1 amide bonds. The number of hydrogen-bond acceptors (Lipinski definition) is 4. The van der Waals surface area contributed by atoms with E-state index in [9.17, 15) is 9.18 Å². The highest BCUT2D eigenvalue weighted by atomic mass is 35.5. The molecule has 1 saturated carbocycles. The zero-order chi connectivity index (χ0) is 24.2. The summed E-state index contributed by atoms with van der Waals surface area (Å²) in [5.41, 5.74) is 1.60. The van der Waals surface area contributed by atoms with Crippen molar-refractivity contribution in [3.05, 3.63) is 64.1 Å². The van der Waals surface area contributed by atoms with Crippen molar-refractivity contribution >= 4 is 40.9 Å². The summed E-state index contributed by atoms with van der Waals surface area (Å²) in [5, 5.41) is 0.845. The molecule has 2 aromatic rings. The van der Waals surface area contributed by atoms with E-state index in [4.69, 9.17) is 33.3 Å². The van der Waals surface area contributed by atoms with Crippen LogP contribution in [0.15, 0.2) is 42.1 Å². The molecular weight excluding hydrogens is 475 g/mol. The number of ether oxygens (including phenoxy) is 2. The van der Waals surface area contributed by atoms with Gasteiger partial charge in [-0.25, -0.2) is 4.39 Å². The number of rotatable bonds is 7. The van der Waals surface area contributed by atoms with Crippen LogP contribution < -0.4 is 9.47 Å². The fourth-order valence-corrected chi connectivity index (χ4v) is 5.04. The van der Waals surface area contributed by atoms with Gasteiger partial charge in [-0.15, -0.1) is 0 Å². The van der Waals surface area contributed by atoms with Crippen LogP contribution in [-0.2, 0) is 11.4 Å². The molecule has 0 spiro atoms. The SMILES string of the molecule is CCOc1cc(/C=C2/C(=O)N(C3CCCCC3)C(=S)N2C)cc(Cl)c1OCc1ccccc1F. The van der Waals surface area contributed by atoms with Gasteiger partial charge in [0.15, 0.2) is 16.6 Å². The first-order valence-electron chi connectivity index (χ1n) is 11.6. The lowest BCUT2D eigenvalue weighted by Gasteiger charge is -2.30. The molecule has 0 atom stereocenters. The lowest BCUT2D eigenvalue weighted by Crippen LogP contribution is -2.41. The minimum atomic E-state index is -0.348. The smallest absolute Gasteiger partial charge is 0.277 e. The van der Waals surface area contributed by atoms with E-state index in [1.165, 1.54) is 12.5 Å². The van der Waals surface area contributed by atoms with Crippen LogP contribution in [-0.4, -0.2) is 40.5 Å². The predicted molar refractivity (Wildman–Crippen MR) is 135 cm³/mol. The summed E-state index contributed by atoms with van der Waals surface area (Å²) in [6.45, 7) is 2.26. The van der Waals surface area contributed by atoms with Crippen LogP contribution in [0, 0.1) is 5.82 Å². The molecule has 2 aromatic carbocycles. The van der Waals surface area contributed by atoms with Gasteiger partial charge in [0.05, 0.1) is 11.6 Å². The fourth-order valence-electron chi connectivity index (χ4n) is 4.44. The second-order valence-corrected chi connectivity index (χ2v) is 9.25. The predicted octanol–water partition coefficient (Wildman–Crippen LogP) is 6.19. The molecule has 0 unspecified atom stereocenters. The minimum absolute atomic E-state index is 0.0126. The number of thiocarbonyl (C=S) groups is 1. The Labute approximate surface area is 210 Å². The fraction of sp³-hybridized carbons (Fsp3) is 0.385. The first kappa shape index (κ1) is 24.5. The van der Waals surface area contributed by atoms with Crippen molar-refractivity contribution in [2.24, 2.45) is 0 Å². The summed E-state index contributed by atoms with van der Waals surface area (Å²) >= 11 is 12.2. The Hall–Kier alpha value is -2.64. The van der Waals surface area contributed by atoms with Crippen LogP contribution in [0.1, 0.15) is 50.2 Å². The van der Waals surface area contributed by atoms with E-state index >= 15 is 0 Å². The van der Waals surface area contributed by atoms with Crippen molar-refractivity contribution in [1.82, 2.24) is 9.80 Å². The van der Waals surface area contributed by atoms with Crippen molar-refractivity contribution in [3.8, 4) is 11.5 Å². The third kappa shape index (κ3) is 5.05. The highest BCUT2D eigenvalue weighted by molar-refractivity contribution is 7.80. The van der Waals surface area contributed by atoms with Crippen LogP contribution in [0.3, 0.4) is 0 Å². The minimum Gasteiger partial charge on any atom is -0.490 e. The summed E-state index contributed by atoms with van der Waals surface area (Å²) in [6.07, 6.45) is 7.14. The molecule has 0 bridgehead atoms. The van der Waals surface area contributed by atoms with Gasteiger partial charge in [0, 0.05) is 18.7 Å². The normalized spacial score (nSPS) is 18.2. The Morgan fingerprint density at radius 2 is 1.91 bits per heavy atom. The first-order valence-corrected chi connectivity index (χ1v) is 12.3. The number of nitrogens with zero attached hydrogens (tertiary/aromatic N) is 2. The monoisotopic (exact) mass is 502 g/mol. The van der Waals surface area contributed by atoms with Crippen molar-refractivity contribution in [3.63, 3.8) is 0 Å². The molecule has 1 aliphatic heterocycles. The molecule has 8 heteroatoms. The standard InChI is InChI=1S/C26H28ClFN2O3S/c1-3-32-23-15-17(13-20(27)24(23)33-16-18-9-7-8-12-21(18)28)14-22-25(31)30(26(34)29(22)2)19-10-5-4-6-11-19/h7-9,12-15,19H,3-6,10-11,16H2,1-2H3/b22-14-. The maximum absolute atomic E-state index is 14.0. The number of carbonyl (C=O) groups is 1. The number of benzene rings is 2. The highest BCUT2D eigenvalue weighted by Gasteiger charge is 2.40. The van der Waals surface area contributed by atoms with Gasteiger partial charge in [0.1, 0.15) is 18.1 Å². The Morgan fingerprint density at radius 1 is 1.18 bits per heavy atom. The van der Waals surface area contributed by atoms with Gasteiger partial charge in [-0.05, 0) is 61.8 Å². The molecule has 4 rings (SSSR count). The summed E-state index contributed by atoms with van der Waals surface area (Å²) in [4.78, 5) is 16.8. The average Bonchev–Trinajstić information content (AvgIpc) is 3.03. The van der Waals surface area contributed by atoms with Gasteiger partial charge in [-0.2, -0.15) is 0 Å². The quantitative estimate of drug-likeness (QED) is 0.333. The number of hydrogen-bond donors (Lipinski definition) is 0. The Bertz CT molecular complexity index is 1120. The second-order valence-electron chi connectivity index (χ2n) is 8.48. The van der Waals surface area contributed by atoms with E-state index < -0.39 is 0 Å². The number of halogens is 2. The molecule has 1 heterocycles. The largest absolute Gasteiger partial charge is 0.490 e. The molecule has 0 radical (unpaired) electrons. The molecule has 0 N–H and O–H groups in total. The van der Waals surface area contributed by atoms with Crippen LogP contribution in [0.5, 0.6) is 11.5 Å². The van der Waals surface area contributed by atoms with Crippen molar-refractivity contribution < 1.29 is 18.7 Å². The van der Waals surface area contributed by atoms with E-state index in [0.717, 1.165) is 25.7 Å². The number of amides is 1. The van der Waals surface area contributed by atoms with Crippen LogP contribution in [0.25, 0.3) is 6.08 Å². The van der Waals surface area contributed by atoms with E-state index in [0.29, 0.717) is 45.1 Å². The van der Waals surface area contributed by atoms with E-state index in [1.54, 1.807) is 46.2 Å². The molecule has 5 nitrogen and oxygen atoms in total. The van der Waals surface area contributed by atoms with Gasteiger partial charge < -0.3 is 14.4 Å². The highest BCUT2D eigenvalue weighted by Crippen LogP contribution is 2.39. The number of likely N-dealkylation sites (N-methyl/N-ethyl adjacent to an activating group) is 1. The van der Waals surface area contributed by atoms with Crippen molar-refractivity contribution in [2.75, 3.05) is 13.7 Å². The number of carbonyl (C=O) groups excluding carboxylic acids is 1. The molecule has 2 aliphatic rings. The molecule has 1 saturated heterocycles. The van der Waals surface area contributed by atoms with Gasteiger partial charge in [0.25, 0.3) is 5.91 Å². The Kier molecular flexibility index (Phi) is 7.73. The zero-order valence-electron chi connectivity index (χ0n) is 19.4. The van der Waals surface area contributed by atoms with Crippen LogP contribution in [0.4, 0.5) is 4.39 Å². The Balaban J connectivity index is 1.61. The summed E-state index contributed by atoms with van der Waals surface area (Å²) in [6, 6.07) is 10.0. The van der Waals surface area contributed by atoms with E-state index in [-0.39, 0.29) is 24.4 Å². The first-order chi connectivity index (χ1) is 16.4. The second kappa shape index (κ2) is 10.7. The molecule has 180 valence electrons. The molecular formula is C26H28ClFN2O3S. The molecule has 2 fully saturated rings. The van der Waals surface area contributed by atoms with Crippen LogP contribution >= 0.6 is 23.8 Å².